The molecule has 0 aliphatic heterocycles. The number of imidazole rings is 1. The Morgan fingerprint density at radius 3 is 2.38 bits per heavy atom. The third-order valence-corrected chi connectivity index (χ3v) is 5.38. The smallest absolute Gasteiger partial charge is 0.161 e. The monoisotopic (exact) mass is 379 g/mol. The highest BCUT2D eigenvalue weighted by atomic mass is 15.2. The molecule has 29 heavy (non-hydrogen) atoms. The Morgan fingerprint density at radius 1 is 0.828 bits per heavy atom. The Morgan fingerprint density at radius 2 is 1.59 bits per heavy atom. The molecule has 0 unspecified atom stereocenters. The normalized spacial score (nSPS) is 11.3. The van der Waals surface area contributed by atoms with E-state index in [0.29, 0.717) is 0 Å². The molecule has 2 aromatic heterocycles. The molecule has 0 saturated carbocycles. The minimum atomic E-state index is 0.739. The maximum Gasteiger partial charge on any atom is 0.161 e. The fraction of sp³-hybridized carbons (Fsp3) is 0.125. The number of hydrogen-bond donors (Lipinski definition) is 1. The van der Waals surface area contributed by atoms with Crippen LogP contribution in [0.15, 0.2) is 66.7 Å². The minimum absolute atomic E-state index is 0.739. The van der Waals surface area contributed by atoms with E-state index in [9.17, 15) is 0 Å². The van der Waals surface area contributed by atoms with E-state index in [1.54, 1.807) is 0 Å². The predicted octanol–water partition coefficient (Wildman–Crippen LogP) is 5.54. The Hall–Kier alpha value is -3.73. The third kappa shape index (κ3) is 3.01. The van der Waals surface area contributed by atoms with Crippen molar-refractivity contribution in [1.29, 1.82) is 0 Å². The van der Waals surface area contributed by atoms with Crippen LogP contribution in [0.5, 0.6) is 0 Å². The molecular weight excluding hydrogens is 358 g/mol. The number of nitrogens with one attached hydrogen (secondary N) is 1. The zero-order valence-corrected chi connectivity index (χ0v) is 16.6. The van der Waals surface area contributed by atoms with Gasteiger partial charge in [0.2, 0.25) is 0 Å². The van der Waals surface area contributed by atoms with E-state index in [1.165, 1.54) is 5.56 Å². The molecule has 1 N–H and O–H groups in total. The van der Waals surface area contributed by atoms with Crippen molar-refractivity contribution in [1.82, 2.24) is 19.7 Å². The average molecular weight is 379 g/mol. The summed E-state index contributed by atoms with van der Waals surface area (Å²) in [6.45, 7) is 4.09. The number of nitrogens with zero attached hydrogens (tertiary/aromatic N) is 4. The van der Waals surface area contributed by atoms with E-state index in [2.05, 4.69) is 74.5 Å². The molecule has 0 fully saturated rings. The first-order valence-corrected chi connectivity index (χ1v) is 9.63. The minimum Gasteiger partial charge on any atom is -0.338 e. The summed E-state index contributed by atoms with van der Waals surface area (Å²) in [5.74, 6) is 1.73. The SMILES string of the molecule is Cc1ccc(-c2nnc(Nc3ccc4c(c3)nc(C)n4C)c3ccccc23)cc1. The highest BCUT2D eigenvalue weighted by molar-refractivity contribution is 6.01. The second kappa shape index (κ2) is 6.71. The highest BCUT2D eigenvalue weighted by Gasteiger charge is 2.12. The second-order valence-electron chi connectivity index (χ2n) is 7.36. The zero-order valence-electron chi connectivity index (χ0n) is 16.6. The number of rotatable bonds is 3. The third-order valence-electron chi connectivity index (χ3n) is 5.38. The van der Waals surface area contributed by atoms with Gasteiger partial charge in [0.25, 0.3) is 0 Å². The van der Waals surface area contributed by atoms with Gasteiger partial charge in [-0.15, -0.1) is 10.2 Å². The Labute approximate surface area is 169 Å². The van der Waals surface area contributed by atoms with Crippen LogP contribution in [0.1, 0.15) is 11.4 Å². The lowest BCUT2D eigenvalue weighted by molar-refractivity contribution is 0.886. The van der Waals surface area contributed by atoms with Crippen LogP contribution in [-0.2, 0) is 7.05 Å². The Bertz CT molecular complexity index is 1350. The van der Waals surface area contributed by atoms with Gasteiger partial charge in [0.05, 0.1) is 11.0 Å². The summed E-state index contributed by atoms with van der Waals surface area (Å²) < 4.78 is 2.09. The van der Waals surface area contributed by atoms with Crippen molar-refractivity contribution in [2.75, 3.05) is 5.32 Å². The maximum absolute atomic E-state index is 4.63. The van der Waals surface area contributed by atoms with Gasteiger partial charge in [-0.25, -0.2) is 4.98 Å². The van der Waals surface area contributed by atoms with Crippen molar-refractivity contribution in [3.63, 3.8) is 0 Å². The van der Waals surface area contributed by atoms with Gasteiger partial charge in [-0.3, -0.25) is 0 Å². The van der Waals surface area contributed by atoms with Crippen LogP contribution < -0.4 is 5.32 Å². The highest BCUT2D eigenvalue weighted by Crippen LogP contribution is 2.31. The number of anilines is 2. The molecule has 0 bridgehead atoms. The largest absolute Gasteiger partial charge is 0.338 e. The van der Waals surface area contributed by atoms with Crippen molar-refractivity contribution in [2.45, 2.75) is 13.8 Å². The fourth-order valence-corrected chi connectivity index (χ4v) is 3.66. The van der Waals surface area contributed by atoms with Crippen molar-refractivity contribution < 1.29 is 0 Å². The molecule has 5 rings (SSSR count). The molecule has 0 saturated heterocycles. The van der Waals surface area contributed by atoms with Gasteiger partial charge in [0.15, 0.2) is 5.82 Å². The molecule has 0 spiro atoms. The molecule has 5 nitrogen and oxygen atoms in total. The van der Waals surface area contributed by atoms with Crippen molar-refractivity contribution in [3.05, 3.63) is 78.1 Å². The molecule has 2 heterocycles. The lowest BCUT2D eigenvalue weighted by atomic mass is 10.0. The topological polar surface area (TPSA) is 55.6 Å². The summed E-state index contributed by atoms with van der Waals surface area (Å²) >= 11 is 0. The van der Waals surface area contributed by atoms with Gasteiger partial charge in [0.1, 0.15) is 11.5 Å². The number of fused-ring (bicyclic) bond motifs is 2. The van der Waals surface area contributed by atoms with Crippen LogP contribution in [0.2, 0.25) is 0 Å². The van der Waals surface area contributed by atoms with Crippen LogP contribution in [0.3, 0.4) is 0 Å². The summed E-state index contributed by atoms with van der Waals surface area (Å²) in [4.78, 5) is 4.63. The molecular formula is C24H21N5. The van der Waals surface area contributed by atoms with Gasteiger partial charge in [-0.1, -0.05) is 54.1 Å². The number of benzene rings is 3. The lowest BCUT2D eigenvalue weighted by Gasteiger charge is -2.11. The Balaban J connectivity index is 1.59. The van der Waals surface area contributed by atoms with E-state index in [4.69, 9.17) is 0 Å². The lowest BCUT2D eigenvalue weighted by Crippen LogP contribution is -1.99. The van der Waals surface area contributed by atoms with Crippen molar-refractivity contribution in [3.8, 4) is 11.3 Å². The first kappa shape index (κ1) is 17.4. The molecule has 5 heteroatoms. The van der Waals surface area contributed by atoms with Gasteiger partial charge in [-0.2, -0.15) is 0 Å². The van der Waals surface area contributed by atoms with E-state index in [0.717, 1.165) is 50.4 Å². The summed E-state index contributed by atoms with van der Waals surface area (Å²) in [5.41, 5.74) is 6.20. The summed E-state index contributed by atoms with van der Waals surface area (Å²) in [5, 5.41) is 14.6. The number of hydrogen-bond acceptors (Lipinski definition) is 4. The summed E-state index contributed by atoms with van der Waals surface area (Å²) in [6, 6.07) is 22.8. The first-order valence-electron chi connectivity index (χ1n) is 9.63. The van der Waals surface area contributed by atoms with E-state index in [-0.39, 0.29) is 0 Å². The van der Waals surface area contributed by atoms with Crippen LogP contribution >= 0.6 is 0 Å². The van der Waals surface area contributed by atoms with E-state index >= 15 is 0 Å². The molecule has 0 radical (unpaired) electrons. The van der Waals surface area contributed by atoms with Gasteiger partial charge in [-0.05, 0) is 32.0 Å². The number of aryl methyl sites for hydroxylation is 3. The Kier molecular flexibility index (Phi) is 4.02. The van der Waals surface area contributed by atoms with E-state index in [1.807, 2.05) is 38.2 Å². The quantitative estimate of drug-likeness (QED) is 0.447. The van der Waals surface area contributed by atoms with Gasteiger partial charge >= 0.3 is 0 Å². The maximum atomic E-state index is 4.63. The van der Waals surface area contributed by atoms with Crippen molar-refractivity contribution in [2.24, 2.45) is 7.05 Å². The van der Waals surface area contributed by atoms with Crippen LogP contribution in [0.25, 0.3) is 33.1 Å². The summed E-state index contributed by atoms with van der Waals surface area (Å²) in [7, 11) is 2.03. The predicted molar refractivity (Wildman–Crippen MR) is 118 cm³/mol. The second-order valence-corrected chi connectivity index (χ2v) is 7.36. The molecule has 0 aliphatic carbocycles. The molecule has 3 aromatic carbocycles. The molecule has 142 valence electrons. The van der Waals surface area contributed by atoms with Crippen LogP contribution in [-0.4, -0.2) is 19.7 Å². The van der Waals surface area contributed by atoms with Crippen LogP contribution in [0, 0.1) is 13.8 Å². The molecule has 0 atom stereocenters. The average Bonchev–Trinajstić information content (AvgIpc) is 3.02. The van der Waals surface area contributed by atoms with E-state index < -0.39 is 0 Å². The van der Waals surface area contributed by atoms with Gasteiger partial charge in [0, 0.05) is 29.1 Å². The first-order chi connectivity index (χ1) is 14.1. The fourth-order valence-electron chi connectivity index (χ4n) is 3.66. The van der Waals surface area contributed by atoms with Crippen molar-refractivity contribution >= 4 is 33.3 Å². The molecule has 0 amide bonds. The molecule has 5 aromatic rings. The number of aromatic nitrogens is 4. The van der Waals surface area contributed by atoms with Gasteiger partial charge < -0.3 is 9.88 Å². The zero-order chi connectivity index (χ0) is 20.0. The standard InChI is InChI=1S/C24H21N5/c1-15-8-10-17(11-9-15)23-19-6-4-5-7-20(19)24(28-27-23)26-18-12-13-22-21(14-18)25-16(2)29(22)3/h4-14H,1-3H3,(H,26,28). The summed E-state index contributed by atoms with van der Waals surface area (Å²) in [6.07, 6.45) is 0. The van der Waals surface area contributed by atoms with Crippen LogP contribution in [0.4, 0.5) is 11.5 Å². The molecule has 0 aliphatic rings.